The molecule has 4 rings (SSSR count). The first-order valence-corrected chi connectivity index (χ1v) is 8.34. The fourth-order valence-electron chi connectivity index (χ4n) is 3.71. The zero-order chi connectivity index (χ0) is 16.5. The molecular weight excluding hydrogens is 302 g/mol. The minimum Gasteiger partial charge on any atom is -0.481 e. The van der Waals surface area contributed by atoms with Gasteiger partial charge in [-0.25, -0.2) is 4.98 Å². The summed E-state index contributed by atoms with van der Waals surface area (Å²) in [6.07, 6.45) is 8.87. The van der Waals surface area contributed by atoms with Crippen molar-refractivity contribution in [3.05, 3.63) is 48.9 Å². The Morgan fingerprint density at radius 1 is 1.04 bits per heavy atom. The van der Waals surface area contributed by atoms with Gasteiger partial charge in [0.05, 0.1) is 11.4 Å². The zero-order valence-corrected chi connectivity index (χ0v) is 13.3. The number of pyridine rings is 1. The van der Waals surface area contributed by atoms with E-state index in [-0.39, 0.29) is 5.92 Å². The second kappa shape index (κ2) is 6.07. The third kappa shape index (κ3) is 2.56. The molecule has 0 amide bonds. The normalized spacial score (nSPS) is 21.0. The van der Waals surface area contributed by atoms with E-state index in [0.717, 1.165) is 48.0 Å². The van der Waals surface area contributed by atoms with E-state index < -0.39 is 5.97 Å². The van der Waals surface area contributed by atoms with Crippen LogP contribution in [-0.2, 0) is 4.79 Å². The minimum atomic E-state index is -0.667. The number of hydrogen-bond acceptors (Lipinski definition) is 3. The van der Waals surface area contributed by atoms with Crippen molar-refractivity contribution in [3.8, 4) is 11.4 Å². The molecule has 0 unspecified atom stereocenters. The SMILES string of the molecule is O=C(O)C1CCC(n2ccnc2-c2ccnc3ccccc23)CC1. The van der Waals surface area contributed by atoms with Crippen LogP contribution < -0.4 is 0 Å². The maximum absolute atomic E-state index is 11.2. The van der Waals surface area contributed by atoms with E-state index >= 15 is 0 Å². The lowest BCUT2D eigenvalue weighted by molar-refractivity contribution is -0.143. The molecule has 1 aliphatic carbocycles. The smallest absolute Gasteiger partial charge is 0.306 e. The molecule has 2 heterocycles. The molecule has 122 valence electrons. The number of carbonyl (C=O) groups is 1. The first-order valence-electron chi connectivity index (χ1n) is 8.34. The summed E-state index contributed by atoms with van der Waals surface area (Å²) in [4.78, 5) is 20.2. The molecule has 0 spiro atoms. The molecule has 0 atom stereocenters. The van der Waals surface area contributed by atoms with Gasteiger partial charge in [0.15, 0.2) is 0 Å². The van der Waals surface area contributed by atoms with E-state index in [4.69, 9.17) is 0 Å². The first kappa shape index (κ1) is 14.9. The van der Waals surface area contributed by atoms with Crippen LogP contribution in [0.4, 0.5) is 0 Å². The Bertz CT molecular complexity index is 874. The number of rotatable bonds is 3. The van der Waals surface area contributed by atoms with Crippen molar-refractivity contribution in [1.82, 2.24) is 14.5 Å². The van der Waals surface area contributed by atoms with Crippen LogP contribution in [0.15, 0.2) is 48.9 Å². The van der Waals surface area contributed by atoms with Crippen molar-refractivity contribution in [2.45, 2.75) is 31.7 Å². The van der Waals surface area contributed by atoms with Crippen LogP contribution in [0.2, 0.25) is 0 Å². The second-order valence-electron chi connectivity index (χ2n) is 6.38. The first-order chi connectivity index (χ1) is 11.7. The lowest BCUT2D eigenvalue weighted by Gasteiger charge is -2.28. The van der Waals surface area contributed by atoms with Gasteiger partial charge in [-0.1, -0.05) is 18.2 Å². The predicted octanol–water partition coefficient (Wildman–Crippen LogP) is 3.91. The maximum Gasteiger partial charge on any atom is 0.306 e. The molecule has 5 heteroatoms. The topological polar surface area (TPSA) is 68.0 Å². The number of aromatic nitrogens is 3. The van der Waals surface area contributed by atoms with E-state index in [1.165, 1.54) is 0 Å². The standard InChI is InChI=1S/C19H19N3O2/c23-19(24)13-5-7-14(8-6-13)22-12-11-21-18(22)16-9-10-20-17-4-2-1-3-15(16)17/h1-4,9-14H,5-8H2,(H,23,24). The molecule has 0 bridgehead atoms. The van der Waals surface area contributed by atoms with Crippen LogP contribution in [-0.4, -0.2) is 25.6 Å². The summed E-state index contributed by atoms with van der Waals surface area (Å²) in [6.45, 7) is 0. The maximum atomic E-state index is 11.2. The van der Waals surface area contributed by atoms with E-state index in [1.807, 2.05) is 42.9 Å². The van der Waals surface area contributed by atoms with Crippen LogP contribution >= 0.6 is 0 Å². The monoisotopic (exact) mass is 321 g/mol. The molecule has 0 radical (unpaired) electrons. The molecule has 1 saturated carbocycles. The van der Waals surface area contributed by atoms with Gasteiger partial charge in [-0.05, 0) is 37.8 Å². The lowest BCUT2D eigenvalue weighted by Crippen LogP contribution is -2.23. The van der Waals surface area contributed by atoms with Crippen molar-refractivity contribution in [2.75, 3.05) is 0 Å². The van der Waals surface area contributed by atoms with Crippen molar-refractivity contribution in [3.63, 3.8) is 0 Å². The molecule has 1 aliphatic rings. The van der Waals surface area contributed by atoms with Gasteiger partial charge in [0.25, 0.3) is 0 Å². The molecular formula is C19H19N3O2. The number of aliphatic carboxylic acids is 1. The molecule has 24 heavy (non-hydrogen) atoms. The second-order valence-corrected chi connectivity index (χ2v) is 6.38. The third-order valence-electron chi connectivity index (χ3n) is 5.00. The van der Waals surface area contributed by atoms with Crippen molar-refractivity contribution >= 4 is 16.9 Å². The van der Waals surface area contributed by atoms with Crippen molar-refractivity contribution in [1.29, 1.82) is 0 Å². The number of fused-ring (bicyclic) bond motifs is 1. The van der Waals surface area contributed by atoms with Gasteiger partial charge in [0, 0.05) is 35.6 Å². The Labute approximate surface area is 140 Å². The molecule has 1 aromatic carbocycles. The molecule has 5 nitrogen and oxygen atoms in total. The number of carboxylic acid groups (broad SMARTS) is 1. The zero-order valence-electron chi connectivity index (χ0n) is 13.3. The number of para-hydroxylation sites is 1. The Morgan fingerprint density at radius 3 is 2.62 bits per heavy atom. The Kier molecular flexibility index (Phi) is 3.76. The van der Waals surface area contributed by atoms with Gasteiger partial charge >= 0.3 is 5.97 Å². The molecule has 0 aliphatic heterocycles. The number of carboxylic acids is 1. The van der Waals surface area contributed by atoms with E-state index in [0.29, 0.717) is 6.04 Å². The number of nitrogens with zero attached hydrogens (tertiary/aromatic N) is 3. The third-order valence-corrected chi connectivity index (χ3v) is 5.00. The number of benzene rings is 1. The summed E-state index contributed by atoms with van der Waals surface area (Å²) in [5.74, 6) is 0.0711. The van der Waals surface area contributed by atoms with Gasteiger partial charge in [-0.2, -0.15) is 0 Å². The minimum absolute atomic E-state index is 0.199. The quantitative estimate of drug-likeness (QED) is 0.794. The van der Waals surface area contributed by atoms with Crippen LogP contribution in [0.1, 0.15) is 31.7 Å². The Hall–Kier alpha value is -2.69. The fraction of sp³-hybridized carbons (Fsp3) is 0.316. The fourth-order valence-corrected chi connectivity index (χ4v) is 3.71. The summed E-state index contributed by atoms with van der Waals surface area (Å²) < 4.78 is 2.21. The van der Waals surface area contributed by atoms with Crippen molar-refractivity contribution < 1.29 is 9.90 Å². The van der Waals surface area contributed by atoms with Crippen LogP contribution in [0.3, 0.4) is 0 Å². The van der Waals surface area contributed by atoms with E-state index in [2.05, 4.69) is 20.6 Å². The van der Waals surface area contributed by atoms with Gasteiger partial charge in [0.2, 0.25) is 0 Å². The highest BCUT2D eigenvalue weighted by Crippen LogP contribution is 2.36. The van der Waals surface area contributed by atoms with Gasteiger partial charge in [-0.3, -0.25) is 9.78 Å². The Morgan fingerprint density at radius 2 is 1.83 bits per heavy atom. The van der Waals surface area contributed by atoms with Gasteiger partial charge < -0.3 is 9.67 Å². The average molecular weight is 321 g/mol. The average Bonchev–Trinajstić information content (AvgIpc) is 3.11. The van der Waals surface area contributed by atoms with Crippen molar-refractivity contribution in [2.24, 2.45) is 5.92 Å². The summed E-state index contributed by atoms with van der Waals surface area (Å²) in [5.41, 5.74) is 2.03. The van der Waals surface area contributed by atoms with Gasteiger partial charge in [0.1, 0.15) is 5.82 Å². The van der Waals surface area contributed by atoms with Crippen LogP contribution in [0.5, 0.6) is 0 Å². The molecule has 1 fully saturated rings. The largest absolute Gasteiger partial charge is 0.481 e. The predicted molar refractivity (Wildman–Crippen MR) is 91.6 cm³/mol. The Balaban J connectivity index is 1.69. The number of imidazole rings is 1. The summed E-state index contributed by atoms with van der Waals surface area (Å²) >= 11 is 0. The van der Waals surface area contributed by atoms with Crippen LogP contribution in [0, 0.1) is 5.92 Å². The van der Waals surface area contributed by atoms with Crippen LogP contribution in [0.25, 0.3) is 22.3 Å². The highest BCUT2D eigenvalue weighted by molar-refractivity contribution is 5.92. The van der Waals surface area contributed by atoms with E-state index in [1.54, 1.807) is 0 Å². The number of hydrogen-bond donors (Lipinski definition) is 1. The summed E-state index contributed by atoms with van der Waals surface area (Å²) in [5, 5.41) is 10.3. The summed E-state index contributed by atoms with van der Waals surface area (Å²) in [7, 11) is 0. The highest BCUT2D eigenvalue weighted by Gasteiger charge is 2.28. The van der Waals surface area contributed by atoms with Gasteiger partial charge in [-0.15, -0.1) is 0 Å². The molecule has 3 aromatic rings. The molecule has 1 N–H and O–H groups in total. The lowest BCUT2D eigenvalue weighted by atomic mass is 9.86. The molecule has 0 saturated heterocycles. The molecule has 2 aromatic heterocycles. The summed E-state index contributed by atoms with van der Waals surface area (Å²) in [6, 6.07) is 10.4. The van der Waals surface area contributed by atoms with E-state index in [9.17, 15) is 9.90 Å². The highest BCUT2D eigenvalue weighted by atomic mass is 16.4.